The van der Waals surface area contributed by atoms with Gasteiger partial charge >= 0.3 is 12.1 Å². The number of rotatable bonds is 8. The van der Waals surface area contributed by atoms with Crippen molar-refractivity contribution in [2.75, 3.05) is 6.61 Å². The zero-order valence-corrected chi connectivity index (χ0v) is 15.4. The number of allylic oxidation sites excluding steroid dienone is 1. The lowest BCUT2D eigenvalue weighted by Crippen LogP contribution is -2.12. The molecule has 0 saturated carbocycles. The van der Waals surface area contributed by atoms with Crippen LogP contribution >= 0.6 is 0 Å². The van der Waals surface area contributed by atoms with Crippen molar-refractivity contribution < 1.29 is 27.5 Å². The Morgan fingerprint density at radius 3 is 2.38 bits per heavy atom. The summed E-state index contributed by atoms with van der Waals surface area (Å²) in [6, 6.07) is 16.0. The average Bonchev–Trinajstić information content (AvgIpc) is 2.70. The first kappa shape index (κ1) is 21.9. The standard InChI is InChI=1S/C22H18F3NO3/c23-22(24,25)20-9-5-4-8-17(20)10-11-19(27)14-21(28)29-13-12-18(15-26)16-6-2-1-3-7-16/h1-11,18H,12-14H2. The Morgan fingerprint density at radius 1 is 1.07 bits per heavy atom. The van der Waals surface area contributed by atoms with Gasteiger partial charge in [0.25, 0.3) is 0 Å². The number of hydrogen-bond donors (Lipinski definition) is 0. The number of carbonyl (C=O) groups is 2. The normalized spacial score (nSPS) is 12.3. The third kappa shape index (κ3) is 6.92. The van der Waals surface area contributed by atoms with Crippen molar-refractivity contribution in [3.63, 3.8) is 0 Å². The highest BCUT2D eigenvalue weighted by Crippen LogP contribution is 2.32. The van der Waals surface area contributed by atoms with Crippen LogP contribution in [0.4, 0.5) is 13.2 Å². The SMILES string of the molecule is N#CC(CCOC(=O)CC(=O)C=Cc1ccccc1C(F)(F)F)c1ccccc1. The molecule has 2 aromatic rings. The van der Waals surface area contributed by atoms with Gasteiger partial charge in [-0.15, -0.1) is 0 Å². The number of ketones is 1. The molecule has 0 bridgehead atoms. The number of hydrogen-bond acceptors (Lipinski definition) is 4. The minimum atomic E-state index is -4.54. The molecule has 29 heavy (non-hydrogen) atoms. The van der Waals surface area contributed by atoms with Gasteiger partial charge in [-0.2, -0.15) is 18.4 Å². The fraction of sp³-hybridized carbons (Fsp3) is 0.227. The average molecular weight is 401 g/mol. The van der Waals surface area contributed by atoms with Crippen LogP contribution in [0.15, 0.2) is 60.7 Å². The second kappa shape index (κ2) is 10.2. The molecule has 7 heteroatoms. The Kier molecular flexibility index (Phi) is 7.72. The summed E-state index contributed by atoms with van der Waals surface area (Å²) in [5.74, 6) is -1.92. The van der Waals surface area contributed by atoms with Gasteiger partial charge in [0.05, 0.1) is 24.2 Å². The van der Waals surface area contributed by atoms with Crippen LogP contribution in [0.25, 0.3) is 6.08 Å². The van der Waals surface area contributed by atoms with Crippen molar-refractivity contribution in [1.82, 2.24) is 0 Å². The lowest BCUT2D eigenvalue weighted by atomic mass is 9.98. The van der Waals surface area contributed by atoms with Crippen LogP contribution in [0.2, 0.25) is 0 Å². The minimum Gasteiger partial charge on any atom is -0.465 e. The third-order valence-corrected chi connectivity index (χ3v) is 4.06. The van der Waals surface area contributed by atoms with Crippen LogP contribution in [0, 0.1) is 11.3 Å². The van der Waals surface area contributed by atoms with Crippen LogP contribution in [0.3, 0.4) is 0 Å². The van der Waals surface area contributed by atoms with E-state index in [-0.39, 0.29) is 18.6 Å². The molecule has 1 atom stereocenters. The Hall–Kier alpha value is -3.40. The molecule has 0 aliphatic rings. The van der Waals surface area contributed by atoms with Crippen LogP contribution in [0.5, 0.6) is 0 Å². The van der Waals surface area contributed by atoms with E-state index in [1.165, 1.54) is 18.2 Å². The monoisotopic (exact) mass is 401 g/mol. The van der Waals surface area contributed by atoms with Crippen LogP contribution in [0.1, 0.15) is 35.4 Å². The first-order chi connectivity index (χ1) is 13.8. The highest BCUT2D eigenvalue weighted by Gasteiger charge is 2.32. The Bertz CT molecular complexity index is 915. The van der Waals surface area contributed by atoms with Crippen molar-refractivity contribution in [2.45, 2.75) is 24.9 Å². The molecule has 0 N–H and O–H groups in total. The molecule has 0 aliphatic carbocycles. The summed E-state index contributed by atoms with van der Waals surface area (Å²) in [4.78, 5) is 23.6. The summed E-state index contributed by atoms with van der Waals surface area (Å²) in [6.45, 7) is -0.0418. The van der Waals surface area contributed by atoms with E-state index < -0.39 is 35.8 Å². The van der Waals surface area contributed by atoms with Crippen LogP contribution < -0.4 is 0 Å². The second-order valence-corrected chi connectivity index (χ2v) is 6.16. The Labute approximate surface area is 166 Å². The maximum atomic E-state index is 12.9. The number of benzene rings is 2. The molecule has 0 saturated heterocycles. The van der Waals surface area contributed by atoms with Gasteiger partial charge in [-0.1, -0.05) is 54.6 Å². The molecule has 0 aromatic heterocycles. The molecule has 0 aliphatic heterocycles. The van der Waals surface area contributed by atoms with E-state index in [1.807, 2.05) is 6.07 Å². The second-order valence-electron chi connectivity index (χ2n) is 6.16. The number of nitriles is 1. The molecule has 0 fully saturated rings. The molecule has 2 aromatic carbocycles. The molecule has 4 nitrogen and oxygen atoms in total. The lowest BCUT2D eigenvalue weighted by molar-refractivity contribution is -0.145. The van der Waals surface area contributed by atoms with Gasteiger partial charge in [-0.05, 0) is 23.3 Å². The molecule has 150 valence electrons. The zero-order valence-electron chi connectivity index (χ0n) is 15.4. The predicted molar refractivity (Wildman–Crippen MR) is 100 cm³/mol. The predicted octanol–water partition coefficient (Wildman–Crippen LogP) is 4.92. The van der Waals surface area contributed by atoms with E-state index in [0.717, 1.165) is 23.8 Å². The Balaban J connectivity index is 1.85. The van der Waals surface area contributed by atoms with E-state index >= 15 is 0 Å². The summed E-state index contributed by atoms with van der Waals surface area (Å²) in [7, 11) is 0. The van der Waals surface area contributed by atoms with Crippen molar-refractivity contribution in [3.8, 4) is 6.07 Å². The molecule has 0 amide bonds. The first-order valence-corrected chi connectivity index (χ1v) is 8.78. The molecule has 1 unspecified atom stereocenters. The Morgan fingerprint density at radius 2 is 1.72 bits per heavy atom. The maximum Gasteiger partial charge on any atom is 0.416 e. The molecular formula is C22H18F3NO3. The summed E-state index contributed by atoms with van der Waals surface area (Å²) in [5.41, 5.74) is -0.232. The quantitative estimate of drug-likeness (QED) is 0.358. The highest BCUT2D eigenvalue weighted by molar-refractivity contribution is 6.04. The molecule has 0 spiro atoms. The number of alkyl halides is 3. The van der Waals surface area contributed by atoms with E-state index in [1.54, 1.807) is 24.3 Å². The van der Waals surface area contributed by atoms with Crippen LogP contribution in [-0.2, 0) is 20.5 Å². The van der Waals surface area contributed by atoms with Crippen molar-refractivity contribution >= 4 is 17.8 Å². The smallest absolute Gasteiger partial charge is 0.416 e. The molecular weight excluding hydrogens is 383 g/mol. The highest BCUT2D eigenvalue weighted by atomic mass is 19.4. The molecule has 0 heterocycles. The topological polar surface area (TPSA) is 67.2 Å². The summed E-state index contributed by atoms with van der Waals surface area (Å²) < 4.78 is 43.7. The zero-order chi connectivity index (χ0) is 21.3. The summed E-state index contributed by atoms with van der Waals surface area (Å²) >= 11 is 0. The van der Waals surface area contributed by atoms with E-state index in [4.69, 9.17) is 4.74 Å². The van der Waals surface area contributed by atoms with Gasteiger partial charge in [-0.3, -0.25) is 9.59 Å². The van der Waals surface area contributed by atoms with Gasteiger partial charge in [0, 0.05) is 6.42 Å². The number of esters is 1. The fourth-order valence-electron chi connectivity index (χ4n) is 2.62. The van der Waals surface area contributed by atoms with Crippen molar-refractivity contribution in [2.24, 2.45) is 0 Å². The van der Waals surface area contributed by atoms with Crippen molar-refractivity contribution in [3.05, 3.63) is 77.4 Å². The van der Waals surface area contributed by atoms with Crippen LogP contribution in [-0.4, -0.2) is 18.4 Å². The van der Waals surface area contributed by atoms with Gasteiger partial charge < -0.3 is 4.74 Å². The fourth-order valence-corrected chi connectivity index (χ4v) is 2.62. The lowest BCUT2D eigenvalue weighted by Gasteiger charge is -2.10. The van der Waals surface area contributed by atoms with Gasteiger partial charge in [0.2, 0.25) is 0 Å². The number of carbonyl (C=O) groups excluding carboxylic acids is 2. The van der Waals surface area contributed by atoms with Crippen molar-refractivity contribution in [1.29, 1.82) is 5.26 Å². The largest absolute Gasteiger partial charge is 0.465 e. The van der Waals surface area contributed by atoms with Gasteiger partial charge in [0.1, 0.15) is 6.42 Å². The van der Waals surface area contributed by atoms with Gasteiger partial charge in [0.15, 0.2) is 5.78 Å². The summed E-state index contributed by atoms with van der Waals surface area (Å²) in [5, 5.41) is 9.21. The van der Waals surface area contributed by atoms with E-state index in [0.29, 0.717) is 0 Å². The van der Waals surface area contributed by atoms with E-state index in [9.17, 15) is 28.0 Å². The van der Waals surface area contributed by atoms with E-state index in [2.05, 4.69) is 6.07 Å². The minimum absolute atomic E-state index is 0.0418. The first-order valence-electron chi connectivity index (χ1n) is 8.78. The summed E-state index contributed by atoms with van der Waals surface area (Å²) in [6.07, 6.45) is -2.91. The third-order valence-electron chi connectivity index (χ3n) is 4.06. The van der Waals surface area contributed by atoms with Gasteiger partial charge in [-0.25, -0.2) is 0 Å². The number of nitrogens with zero attached hydrogens (tertiary/aromatic N) is 1. The molecule has 2 rings (SSSR count). The molecule has 0 radical (unpaired) electrons. The number of ether oxygens (including phenoxy) is 1. The maximum absolute atomic E-state index is 12.9. The number of halogens is 3.